The van der Waals surface area contributed by atoms with Gasteiger partial charge in [-0.3, -0.25) is 4.79 Å². The van der Waals surface area contributed by atoms with Crippen LogP contribution < -0.4 is 5.32 Å². The van der Waals surface area contributed by atoms with Crippen LogP contribution in [0.3, 0.4) is 0 Å². The van der Waals surface area contributed by atoms with Crippen LogP contribution in [-0.2, 0) is 0 Å². The fourth-order valence-electron chi connectivity index (χ4n) is 1.78. The highest BCUT2D eigenvalue weighted by Gasteiger charge is 2.09. The quantitative estimate of drug-likeness (QED) is 0.828. The molecule has 4 heteroatoms. The normalized spacial score (nSPS) is 12.5. The molecule has 0 aliphatic heterocycles. The van der Waals surface area contributed by atoms with Crippen LogP contribution in [0.1, 0.15) is 36.2 Å². The summed E-state index contributed by atoms with van der Waals surface area (Å²) in [6, 6.07) is 5.40. The Morgan fingerprint density at radius 1 is 1.47 bits per heavy atom. The maximum Gasteiger partial charge on any atom is 0.251 e. The fraction of sp³-hybridized carbons (Fsp3) is 0.533. The Bertz CT molecular complexity index is 432. The van der Waals surface area contributed by atoms with Crippen LogP contribution >= 0.6 is 0 Å². The lowest BCUT2D eigenvalue weighted by molar-refractivity contribution is 0.0947. The lowest BCUT2D eigenvalue weighted by atomic mass is 10.1. The summed E-state index contributed by atoms with van der Waals surface area (Å²) in [6.45, 7) is 7.56. The zero-order valence-electron chi connectivity index (χ0n) is 12.2. The van der Waals surface area contributed by atoms with Gasteiger partial charge in [-0.05, 0) is 51.1 Å². The number of aromatic hydroxyl groups is 1. The second-order valence-corrected chi connectivity index (χ2v) is 5.00. The molecule has 0 aromatic heterocycles. The van der Waals surface area contributed by atoms with Crippen LogP contribution in [0.15, 0.2) is 18.2 Å². The van der Waals surface area contributed by atoms with Crippen molar-refractivity contribution in [2.75, 3.05) is 20.1 Å². The summed E-state index contributed by atoms with van der Waals surface area (Å²) in [5, 5.41) is 12.3. The van der Waals surface area contributed by atoms with Gasteiger partial charge >= 0.3 is 0 Å². The minimum Gasteiger partial charge on any atom is -0.508 e. The molecule has 0 saturated carbocycles. The van der Waals surface area contributed by atoms with Gasteiger partial charge in [0.25, 0.3) is 5.91 Å². The lowest BCUT2D eigenvalue weighted by Gasteiger charge is -2.23. The van der Waals surface area contributed by atoms with E-state index in [1.165, 1.54) is 0 Å². The van der Waals surface area contributed by atoms with Crippen molar-refractivity contribution in [1.82, 2.24) is 10.2 Å². The van der Waals surface area contributed by atoms with Crippen LogP contribution in [0, 0.1) is 6.92 Å². The van der Waals surface area contributed by atoms with Crippen LogP contribution in [0.2, 0.25) is 0 Å². The fourth-order valence-corrected chi connectivity index (χ4v) is 1.78. The van der Waals surface area contributed by atoms with Crippen LogP contribution in [-0.4, -0.2) is 42.1 Å². The zero-order valence-corrected chi connectivity index (χ0v) is 12.2. The molecule has 1 atom stereocenters. The summed E-state index contributed by atoms with van der Waals surface area (Å²) in [7, 11) is 2.06. The SMILES string of the molecule is CCC(C)N(C)CCNC(=O)c1ccc(O)c(C)c1. The average molecular weight is 264 g/mol. The minimum atomic E-state index is -0.0966. The van der Waals surface area contributed by atoms with Crippen molar-refractivity contribution >= 4 is 5.91 Å². The first-order valence-corrected chi connectivity index (χ1v) is 6.73. The van der Waals surface area contributed by atoms with Crippen LogP contribution in [0.5, 0.6) is 5.75 Å². The molecular formula is C15H24N2O2. The molecule has 1 rings (SSSR count). The third-order valence-electron chi connectivity index (χ3n) is 3.55. The highest BCUT2D eigenvalue weighted by Crippen LogP contribution is 2.16. The van der Waals surface area contributed by atoms with E-state index >= 15 is 0 Å². The molecule has 0 radical (unpaired) electrons. The number of hydrogen-bond donors (Lipinski definition) is 2. The molecule has 0 saturated heterocycles. The van der Waals surface area contributed by atoms with E-state index in [1.54, 1.807) is 25.1 Å². The monoisotopic (exact) mass is 264 g/mol. The molecule has 0 aliphatic carbocycles. The van der Waals surface area contributed by atoms with Crippen molar-refractivity contribution in [3.63, 3.8) is 0 Å². The molecule has 4 nitrogen and oxygen atoms in total. The topological polar surface area (TPSA) is 52.6 Å². The maximum absolute atomic E-state index is 11.9. The third kappa shape index (κ3) is 4.56. The number of nitrogens with one attached hydrogen (secondary N) is 1. The van der Waals surface area contributed by atoms with Gasteiger partial charge in [0.1, 0.15) is 5.75 Å². The number of carbonyl (C=O) groups excluding carboxylic acids is 1. The summed E-state index contributed by atoms with van der Waals surface area (Å²) in [5.74, 6) is 0.119. The molecule has 106 valence electrons. The molecule has 0 spiro atoms. The summed E-state index contributed by atoms with van der Waals surface area (Å²) in [4.78, 5) is 14.1. The number of hydrogen-bond acceptors (Lipinski definition) is 3. The second kappa shape index (κ2) is 7.14. The van der Waals surface area contributed by atoms with Crippen molar-refractivity contribution < 1.29 is 9.90 Å². The van der Waals surface area contributed by atoms with E-state index in [1.807, 2.05) is 0 Å². The van der Waals surface area contributed by atoms with Gasteiger partial charge in [0.15, 0.2) is 0 Å². The number of phenols is 1. The first-order chi connectivity index (χ1) is 8.95. The summed E-state index contributed by atoms with van der Waals surface area (Å²) < 4.78 is 0. The number of phenolic OH excluding ortho intramolecular Hbond substituents is 1. The Balaban J connectivity index is 2.45. The Labute approximate surface area is 115 Å². The molecular weight excluding hydrogens is 240 g/mol. The van der Waals surface area contributed by atoms with E-state index in [4.69, 9.17) is 0 Å². The van der Waals surface area contributed by atoms with Gasteiger partial charge in [0.05, 0.1) is 0 Å². The van der Waals surface area contributed by atoms with E-state index in [-0.39, 0.29) is 11.7 Å². The average Bonchev–Trinajstić information content (AvgIpc) is 2.40. The van der Waals surface area contributed by atoms with E-state index < -0.39 is 0 Å². The second-order valence-electron chi connectivity index (χ2n) is 5.00. The van der Waals surface area contributed by atoms with Gasteiger partial charge < -0.3 is 15.3 Å². The zero-order chi connectivity index (χ0) is 14.4. The summed E-state index contributed by atoms with van der Waals surface area (Å²) in [6.07, 6.45) is 1.10. The number of nitrogens with zero attached hydrogens (tertiary/aromatic N) is 1. The Morgan fingerprint density at radius 2 is 2.16 bits per heavy atom. The highest BCUT2D eigenvalue weighted by atomic mass is 16.3. The van der Waals surface area contributed by atoms with Crippen molar-refractivity contribution in [2.24, 2.45) is 0 Å². The maximum atomic E-state index is 11.9. The molecule has 0 aliphatic rings. The lowest BCUT2D eigenvalue weighted by Crippen LogP contribution is -2.37. The molecule has 0 heterocycles. The van der Waals surface area contributed by atoms with Crippen LogP contribution in [0.4, 0.5) is 0 Å². The van der Waals surface area contributed by atoms with Crippen molar-refractivity contribution in [1.29, 1.82) is 0 Å². The van der Waals surface area contributed by atoms with E-state index in [9.17, 15) is 9.90 Å². The van der Waals surface area contributed by atoms with Crippen molar-refractivity contribution in [3.05, 3.63) is 29.3 Å². The molecule has 0 bridgehead atoms. The number of aryl methyl sites for hydroxylation is 1. The predicted octanol–water partition coefficient (Wildman–Crippen LogP) is 2.16. The Morgan fingerprint density at radius 3 is 2.74 bits per heavy atom. The first kappa shape index (κ1) is 15.5. The first-order valence-electron chi connectivity index (χ1n) is 6.73. The van der Waals surface area contributed by atoms with Gasteiger partial charge in [0.2, 0.25) is 0 Å². The van der Waals surface area contributed by atoms with E-state index in [0.29, 0.717) is 23.7 Å². The van der Waals surface area contributed by atoms with Crippen molar-refractivity contribution in [3.8, 4) is 5.75 Å². The molecule has 1 amide bonds. The molecule has 1 unspecified atom stereocenters. The molecule has 19 heavy (non-hydrogen) atoms. The van der Waals surface area contributed by atoms with E-state index in [2.05, 4.69) is 31.1 Å². The van der Waals surface area contributed by atoms with Gasteiger partial charge in [-0.2, -0.15) is 0 Å². The molecule has 1 aromatic carbocycles. The molecule has 1 aromatic rings. The number of carbonyl (C=O) groups is 1. The predicted molar refractivity (Wildman–Crippen MR) is 77.6 cm³/mol. The van der Waals surface area contributed by atoms with Crippen molar-refractivity contribution in [2.45, 2.75) is 33.2 Å². The number of amides is 1. The van der Waals surface area contributed by atoms with Gasteiger partial charge in [-0.1, -0.05) is 6.92 Å². The summed E-state index contributed by atoms with van der Waals surface area (Å²) >= 11 is 0. The smallest absolute Gasteiger partial charge is 0.251 e. The number of likely N-dealkylation sites (N-methyl/N-ethyl adjacent to an activating group) is 1. The van der Waals surface area contributed by atoms with Gasteiger partial charge in [-0.25, -0.2) is 0 Å². The van der Waals surface area contributed by atoms with Crippen LogP contribution in [0.25, 0.3) is 0 Å². The van der Waals surface area contributed by atoms with Gasteiger partial charge in [-0.15, -0.1) is 0 Å². The summed E-state index contributed by atoms with van der Waals surface area (Å²) in [5.41, 5.74) is 1.30. The number of benzene rings is 1. The van der Waals surface area contributed by atoms with E-state index in [0.717, 1.165) is 13.0 Å². The molecule has 2 N–H and O–H groups in total. The number of rotatable bonds is 6. The Hall–Kier alpha value is -1.55. The highest BCUT2D eigenvalue weighted by molar-refractivity contribution is 5.94. The standard InChI is InChI=1S/C15H24N2O2/c1-5-12(3)17(4)9-8-16-15(19)13-6-7-14(18)11(2)10-13/h6-7,10,12,18H,5,8-9H2,1-4H3,(H,16,19). The molecule has 0 fully saturated rings. The van der Waals surface area contributed by atoms with Gasteiger partial charge in [0, 0.05) is 24.7 Å². The Kier molecular flexibility index (Phi) is 5.83. The largest absolute Gasteiger partial charge is 0.508 e. The minimum absolute atomic E-state index is 0.0966. The third-order valence-corrected chi connectivity index (χ3v) is 3.55.